The Hall–Kier alpha value is -2.43. The van der Waals surface area contributed by atoms with E-state index in [2.05, 4.69) is 15.6 Å². The van der Waals surface area contributed by atoms with E-state index in [9.17, 15) is 9.18 Å². The third-order valence-electron chi connectivity index (χ3n) is 2.73. The first-order valence-electron chi connectivity index (χ1n) is 5.81. The molecule has 2 N–H and O–H groups in total. The third-order valence-corrected chi connectivity index (χ3v) is 2.73. The normalized spacial score (nSPS) is 10.1. The van der Waals surface area contributed by atoms with Crippen molar-refractivity contribution >= 4 is 17.3 Å². The molecule has 1 aromatic carbocycles. The monoisotopic (exact) mass is 259 g/mol. The molecule has 0 spiro atoms. The summed E-state index contributed by atoms with van der Waals surface area (Å²) in [6.07, 6.45) is 1.54. The summed E-state index contributed by atoms with van der Waals surface area (Å²) in [5, 5.41) is 5.58. The lowest BCUT2D eigenvalue weighted by molar-refractivity contribution is 0.102. The minimum Gasteiger partial charge on any atom is -0.388 e. The van der Waals surface area contributed by atoms with E-state index in [1.165, 1.54) is 12.1 Å². The van der Waals surface area contributed by atoms with Crippen LogP contribution in [0.4, 0.5) is 15.8 Å². The standard InChI is InChI=1S/C14H14FN3O/c1-9-3-4-10(15)7-12(9)18-14(19)13-8-11(16-2)5-6-17-13/h3-8H,1-2H3,(H,16,17)(H,18,19). The molecule has 0 unspecified atom stereocenters. The molecule has 0 saturated carbocycles. The highest BCUT2D eigenvalue weighted by Crippen LogP contribution is 2.17. The van der Waals surface area contributed by atoms with Crippen LogP contribution in [0, 0.1) is 12.7 Å². The lowest BCUT2D eigenvalue weighted by atomic mass is 10.2. The van der Waals surface area contributed by atoms with Crippen molar-refractivity contribution in [3.05, 3.63) is 53.6 Å². The number of carbonyl (C=O) groups is 1. The summed E-state index contributed by atoms with van der Waals surface area (Å²) in [6.45, 7) is 1.80. The molecule has 5 heteroatoms. The van der Waals surface area contributed by atoms with Crippen LogP contribution >= 0.6 is 0 Å². The van der Waals surface area contributed by atoms with Gasteiger partial charge in [0.05, 0.1) is 0 Å². The number of benzene rings is 1. The summed E-state index contributed by atoms with van der Waals surface area (Å²) in [4.78, 5) is 16.0. The molecule has 1 amide bonds. The van der Waals surface area contributed by atoms with Gasteiger partial charge in [0.15, 0.2) is 0 Å². The fraction of sp³-hybridized carbons (Fsp3) is 0.143. The van der Waals surface area contributed by atoms with E-state index in [1.807, 2.05) is 0 Å². The van der Waals surface area contributed by atoms with Gasteiger partial charge >= 0.3 is 0 Å². The largest absolute Gasteiger partial charge is 0.388 e. The topological polar surface area (TPSA) is 54.0 Å². The summed E-state index contributed by atoms with van der Waals surface area (Å²) in [5.74, 6) is -0.761. The Morgan fingerprint density at radius 3 is 2.79 bits per heavy atom. The van der Waals surface area contributed by atoms with Gasteiger partial charge in [-0.05, 0) is 36.8 Å². The number of halogens is 1. The Morgan fingerprint density at radius 1 is 1.26 bits per heavy atom. The van der Waals surface area contributed by atoms with Crippen molar-refractivity contribution in [3.63, 3.8) is 0 Å². The molecule has 2 rings (SSSR count). The minimum absolute atomic E-state index is 0.274. The number of aromatic nitrogens is 1. The van der Waals surface area contributed by atoms with Crippen molar-refractivity contribution in [2.24, 2.45) is 0 Å². The number of aryl methyl sites for hydroxylation is 1. The molecule has 0 bridgehead atoms. The molecule has 0 aliphatic rings. The van der Waals surface area contributed by atoms with Crippen LogP contribution in [0.25, 0.3) is 0 Å². The van der Waals surface area contributed by atoms with Crippen molar-refractivity contribution in [3.8, 4) is 0 Å². The predicted octanol–water partition coefficient (Wildman–Crippen LogP) is 2.82. The zero-order valence-corrected chi connectivity index (χ0v) is 10.7. The van der Waals surface area contributed by atoms with Crippen LogP contribution < -0.4 is 10.6 Å². The van der Waals surface area contributed by atoms with Crippen LogP contribution in [-0.4, -0.2) is 17.9 Å². The molecule has 0 aliphatic heterocycles. The molecule has 4 nitrogen and oxygen atoms in total. The molecule has 0 fully saturated rings. The first kappa shape index (κ1) is 13.0. The molecule has 2 aromatic rings. The first-order chi connectivity index (χ1) is 9.10. The number of pyridine rings is 1. The van der Waals surface area contributed by atoms with E-state index in [1.54, 1.807) is 38.4 Å². The fourth-order valence-corrected chi connectivity index (χ4v) is 1.63. The van der Waals surface area contributed by atoms with Gasteiger partial charge in [-0.15, -0.1) is 0 Å². The van der Waals surface area contributed by atoms with Crippen LogP contribution in [0.15, 0.2) is 36.5 Å². The minimum atomic E-state index is -0.391. The van der Waals surface area contributed by atoms with Gasteiger partial charge in [0.25, 0.3) is 5.91 Å². The molecule has 0 atom stereocenters. The quantitative estimate of drug-likeness (QED) is 0.891. The second-order valence-electron chi connectivity index (χ2n) is 4.09. The van der Waals surface area contributed by atoms with Gasteiger partial charge in [0.1, 0.15) is 11.5 Å². The van der Waals surface area contributed by atoms with Crippen LogP contribution in [0.5, 0.6) is 0 Å². The molecular weight excluding hydrogens is 245 g/mol. The Morgan fingerprint density at radius 2 is 2.05 bits per heavy atom. The number of nitrogens with zero attached hydrogens (tertiary/aromatic N) is 1. The number of nitrogens with one attached hydrogen (secondary N) is 2. The summed E-state index contributed by atoms with van der Waals surface area (Å²) in [6, 6.07) is 7.64. The van der Waals surface area contributed by atoms with E-state index in [4.69, 9.17) is 0 Å². The average molecular weight is 259 g/mol. The summed E-state index contributed by atoms with van der Waals surface area (Å²) < 4.78 is 13.1. The summed E-state index contributed by atoms with van der Waals surface area (Å²) in [5.41, 5.74) is 2.30. The number of carbonyl (C=O) groups excluding carboxylic acids is 1. The zero-order chi connectivity index (χ0) is 13.8. The van der Waals surface area contributed by atoms with Crippen LogP contribution in [0.3, 0.4) is 0 Å². The van der Waals surface area contributed by atoms with Crippen LogP contribution in [0.2, 0.25) is 0 Å². The third kappa shape index (κ3) is 3.07. The van der Waals surface area contributed by atoms with Gasteiger partial charge in [-0.2, -0.15) is 0 Å². The van der Waals surface area contributed by atoms with Gasteiger partial charge < -0.3 is 10.6 Å². The Balaban J connectivity index is 2.22. The maximum absolute atomic E-state index is 13.1. The van der Waals surface area contributed by atoms with E-state index in [0.29, 0.717) is 5.69 Å². The Labute approximate surface area is 110 Å². The number of amides is 1. The molecule has 98 valence electrons. The highest BCUT2D eigenvalue weighted by Gasteiger charge is 2.10. The van der Waals surface area contributed by atoms with Gasteiger partial charge in [0.2, 0.25) is 0 Å². The Kier molecular flexibility index (Phi) is 3.75. The summed E-state index contributed by atoms with van der Waals surface area (Å²) in [7, 11) is 1.76. The SMILES string of the molecule is CNc1ccnc(C(=O)Nc2cc(F)ccc2C)c1. The molecular formula is C14H14FN3O. The lowest BCUT2D eigenvalue weighted by Crippen LogP contribution is -2.14. The van der Waals surface area contributed by atoms with E-state index >= 15 is 0 Å². The van der Waals surface area contributed by atoms with Crippen molar-refractivity contribution in [1.29, 1.82) is 0 Å². The van der Waals surface area contributed by atoms with E-state index in [0.717, 1.165) is 11.3 Å². The summed E-state index contributed by atoms with van der Waals surface area (Å²) >= 11 is 0. The van der Waals surface area contributed by atoms with Crippen molar-refractivity contribution in [2.75, 3.05) is 17.7 Å². The second-order valence-corrected chi connectivity index (χ2v) is 4.09. The molecule has 19 heavy (non-hydrogen) atoms. The first-order valence-corrected chi connectivity index (χ1v) is 5.81. The Bertz CT molecular complexity index is 613. The highest BCUT2D eigenvalue weighted by molar-refractivity contribution is 6.03. The number of hydrogen-bond acceptors (Lipinski definition) is 3. The second kappa shape index (κ2) is 5.48. The zero-order valence-electron chi connectivity index (χ0n) is 10.7. The number of anilines is 2. The number of rotatable bonds is 3. The van der Waals surface area contributed by atoms with E-state index in [-0.39, 0.29) is 11.6 Å². The molecule has 1 heterocycles. The lowest BCUT2D eigenvalue weighted by Gasteiger charge is -2.08. The van der Waals surface area contributed by atoms with Crippen molar-refractivity contribution in [2.45, 2.75) is 6.92 Å². The van der Waals surface area contributed by atoms with Gasteiger partial charge in [-0.1, -0.05) is 6.07 Å². The molecule has 0 saturated heterocycles. The van der Waals surface area contributed by atoms with Crippen LogP contribution in [0.1, 0.15) is 16.1 Å². The number of hydrogen-bond donors (Lipinski definition) is 2. The van der Waals surface area contributed by atoms with Gasteiger partial charge in [-0.25, -0.2) is 4.39 Å². The van der Waals surface area contributed by atoms with E-state index < -0.39 is 5.82 Å². The fourth-order valence-electron chi connectivity index (χ4n) is 1.63. The average Bonchev–Trinajstić information content (AvgIpc) is 2.43. The molecule has 0 radical (unpaired) electrons. The molecule has 0 aliphatic carbocycles. The van der Waals surface area contributed by atoms with Crippen molar-refractivity contribution in [1.82, 2.24) is 4.98 Å². The maximum Gasteiger partial charge on any atom is 0.274 e. The highest BCUT2D eigenvalue weighted by atomic mass is 19.1. The van der Waals surface area contributed by atoms with Gasteiger partial charge in [0, 0.05) is 24.6 Å². The van der Waals surface area contributed by atoms with Crippen LogP contribution in [-0.2, 0) is 0 Å². The predicted molar refractivity (Wildman–Crippen MR) is 72.9 cm³/mol. The molecule has 1 aromatic heterocycles. The van der Waals surface area contributed by atoms with Gasteiger partial charge in [-0.3, -0.25) is 9.78 Å². The van der Waals surface area contributed by atoms with Crippen molar-refractivity contribution < 1.29 is 9.18 Å². The smallest absolute Gasteiger partial charge is 0.274 e. The maximum atomic E-state index is 13.1.